The first kappa shape index (κ1) is 18.3. The lowest BCUT2D eigenvalue weighted by Crippen LogP contribution is -2.19. The summed E-state index contributed by atoms with van der Waals surface area (Å²) >= 11 is 1.01. The van der Waals surface area contributed by atoms with E-state index in [1.54, 1.807) is 24.3 Å². The number of nitrogens with zero attached hydrogens (tertiary/aromatic N) is 1. The fourth-order valence-corrected chi connectivity index (χ4v) is 3.66. The van der Waals surface area contributed by atoms with Crippen molar-refractivity contribution in [3.63, 3.8) is 0 Å². The third-order valence-corrected chi connectivity index (χ3v) is 5.57. The maximum atomic E-state index is 12.8. The van der Waals surface area contributed by atoms with Crippen molar-refractivity contribution in [1.29, 1.82) is 0 Å². The number of carbonyl (C=O) groups excluding carboxylic acids is 1. The molecule has 0 aliphatic rings. The van der Waals surface area contributed by atoms with Gasteiger partial charge in [0.15, 0.2) is 5.58 Å². The lowest BCUT2D eigenvalue weighted by Gasteiger charge is -2.10. The molecule has 136 valence electrons. The summed E-state index contributed by atoms with van der Waals surface area (Å²) in [5, 5.41) is 2.61. The van der Waals surface area contributed by atoms with Crippen LogP contribution in [0.5, 0.6) is 0 Å². The van der Waals surface area contributed by atoms with E-state index >= 15 is 0 Å². The predicted molar refractivity (Wildman–Crippen MR) is 93.0 cm³/mol. The predicted octanol–water partition coefficient (Wildman–Crippen LogP) is 3.55. The van der Waals surface area contributed by atoms with Gasteiger partial charge >= 0.3 is 5.76 Å². The van der Waals surface area contributed by atoms with Gasteiger partial charge in [0.25, 0.3) is 5.22 Å². The summed E-state index contributed by atoms with van der Waals surface area (Å²) in [5.41, 5.74) is 1.02. The SMILES string of the molecule is O=C(CSc1nc2ccccc2o1)Nc1ccccc1S(=O)(=O)C(F)F. The highest BCUT2D eigenvalue weighted by Gasteiger charge is 2.29. The minimum Gasteiger partial charge on any atom is -0.431 e. The van der Waals surface area contributed by atoms with Crippen LogP contribution >= 0.6 is 11.8 Å². The number of halogens is 2. The molecule has 1 heterocycles. The van der Waals surface area contributed by atoms with Crippen LogP contribution in [0.3, 0.4) is 0 Å². The van der Waals surface area contributed by atoms with Crippen molar-refractivity contribution < 1.29 is 26.4 Å². The number of para-hydroxylation sites is 3. The highest BCUT2D eigenvalue weighted by molar-refractivity contribution is 7.99. The maximum Gasteiger partial charge on any atom is 0.341 e. The fourth-order valence-electron chi connectivity index (χ4n) is 2.14. The molecular weight excluding hydrogens is 386 g/mol. The molecule has 2 aromatic carbocycles. The van der Waals surface area contributed by atoms with Crippen molar-refractivity contribution >= 4 is 44.3 Å². The van der Waals surface area contributed by atoms with Crippen LogP contribution in [0.1, 0.15) is 0 Å². The van der Waals surface area contributed by atoms with E-state index in [2.05, 4.69) is 10.3 Å². The minimum atomic E-state index is -4.82. The van der Waals surface area contributed by atoms with Crippen molar-refractivity contribution in [3.05, 3.63) is 48.5 Å². The lowest BCUT2D eigenvalue weighted by molar-refractivity contribution is -0.113. The molecule has 0 radical (unpaired) electrons. The summed E-state index contributed by atoms with van der Waals surface area (Å²) in [5.74, 6) is -4.28. The lowest BCUT2D eigenvalue weighted by atomic mass is 10.3. The summed E-state index contributed by atoms with van der Waals surface area (Å²) in [6, 6.07) is 12.1. The zero-order valence-corrected chi connectivity index (χ0v) is 14.7. The van der Waals surface area contributed by atoms with Crippen molar-refractivity contribution in [3.8, 4) is 0 Å². The molecule has 0 fully saturated rings. The number of rotatable bonds is 6. The van der Waals surface area contributed by atoms with Crippen LogP contribution in [0.25, 0.3) is 11.1 Å². The zero-order chi connectivity index (χ0) is 18.7. The van der Waals surface area contributed by atoms with E-state index in [0.29, 0.717) is 11.1 Å². The molecule has 0 atom stereocenters. The Morgan fingerprint density at radius 3 is 2.58 bits per heavy atom. The number of alkyl halides is 2. The van der Waals surface area contributed by atoms with Gasteiger partial charge in [-0.15, -0.1) is 0 Å². The normalized spacial score (nSPS) is 11.8. The number of thioether (sulfide) groups is 1. The number of fused-ring (bicyclic) bond motifs is 1. The Kier molecular flexibility index (Phi) is 5.23. The topological polar surface area (TPSA) is 89.3 Å². The van der Waals surface area contributed by atoms with Crippen molar-refractivity contribution in [1.82, 2.24) is 4.98 Å². The van der Waals surface area contributed by atoms with Crippen molar-refractivity contribution in [2.24, 2.45) is 0 Å². The molecule has 3 aromatic rings. The van der Waals surface area contributed by atoms with E-state index in [4.69, 9.17) is 4.42 Å². The Bertz CT molecular complexity index is 1020. The fraction of sp³-hybridized carbons (Fsp3) is 0.125. The van der Waals surface area contributed by atoms with Crippen LogP contribution in [-0.2, 0) is 14.6 Å². The molecule has 0 bridgehead atoms. The van der Waals surface area contributed by atoms with Crippen LogP contribution in [0.15, 0.2) is 63.1 Å². The summed E-state index contributed by atoms with van der Waals surface area (Å²) in [6.07, 6.45) is 0. The highest BCUT2D eigenvalue weighted by atomic mass is 32.2. The monoisotopic (exact) mass is 398 g/mol. The maximum absolute atomic E-state index is 12.8. The Hall–Kier alpha value is -2.46. The first-order chi connectivity index (χ1) is 12.4. The van der Waals surface area contributed by atoms with Crippen molar-refractivity contribution in [2.45, 2.75) is 15.9 Å². The highest BCUT2D eigenvalue weighted by Crippen LogP contribution is 2.27. The number of amides is 1. The average molecular weight is 398 g/mol. The third-order valence-electron chi connectivity index (χ3n) is 3.30. The van der Waals surface area contributed by atoms with Gasteiger partial charge < -0.3 is 9.73 Å². The second-order valence-electron chi connectivity index (χ2n) is 5.09. The van der Waals surface area contributed by atoms with Gasteiger partial charge in [-0.05, 0) is 24.3 Å². The number of anilines is 1. The molecule has 0 aliphatic carbocycles. The molecule has 0 aliphatic heterocycles. The van der Waals surface area contributed by atoms with Gasteiger partial charge in [0.2, 0.25) is 15.7 Å². The Labute approximate surface area is 151 Å². The average Bonchev–Trinajstić information content (AvgIpc) is 3.03. The van der Waals surface area contributed by atoms with Crippen LogP contribution in [0.4, 0.5) is 14.5 Å². The number of hydrogen-bond acceptors (Lipinski definition) is 6. The number of hydrogen-bond donors (Lipinski definition) is 1. The van der Waals surface area contributed by atoms with E-state index in [-0.39, 0.29) is 16.7 Å². The minimum absolute atomic E-state index is 0.129. The Morgan fingerprint density at radius 1 is 1.15 bits per heavy atom. The zero-order valence-electron chi connectivity index (χ0n) is 13.1. The molecule has 3 rings (SSSR count). The van der Waals surface area contributed by atoms with E-state index in [1.165, 1.54) is 18.2 Å². The second-order valence-corrected chi connectivity index (χ2v) is 7.90. The number of aromatic nitrogens is 1. The molecule has 1 aromatic heterocycles. The molecule has 26 heavy (non-hydrogen) atoms. The Balaban J connectivity index is 1.71. The summed E-state index contributed by atoms with van der Waals surface area (Å²) < 4.78 is 54.3. The summed E-state index contributed by atoms with van der Waals surface area (Å²) in [4.78, 5) is 15.6. The molecule has 0 unspecified atom stereocenters. The summed E-state index contributed by atoms with van der Waals surface area (Å²) in [7, 11) is -4.82. The molecule has 1 N–H and O–H groups in total. The van der Waals surface area contributed by atoms with Crippen LogP contribution in [0, 0.1) is 0 Å². The standard InChI is InChI=1S/C16H12F2N2O4S2/c17-15(18)26(22,23)13-8-4-2-6-11(13)19-14(21)9-25-16-20-10-5-1-3-7-12(10)24-16/h1-8,15H,9H2,(H,19,21). The molecular formula is C16H12F2N2O4S2. The number of carbonyl (C=O) groups is 1. The van der Waals surface area contributed by atoms with Gasteiger partial charge in [-0.3, -0.25) is 4.79 Å². The molecule has 1 amide bonds. The number of benzene rings is 2. The van der Waals surface area contributed by atoms with Gasteiger partial charge in [-0.1, -0.05) is 36.0 Å². The van der Waals surface area contributed by atoms with Gasteiger partial charge in [-0.25, -0.2) is 13.4 Å². The second kappa shape index (κ2) is 7.42. The van der Waals surface area contributed by atoms with Crippen molar-refractivity contribution in [2.75, 3.05) is 11.1 Å². The van der Waals surface area contributed by atoms with E-state index in [9.17, 15) is 22.0 Å². The van der Waals surface area contributed by atoms with Gasteiger partial charge in [0.1, 0.15) is 5.52 Å². The first-order valence-electron chi connectivity index (χ1n) is 7.27. The molecule has 0 spiro atoms. The van der Waals surface area contributed by atoms with Crippen LogP contribution in [0.2, 0.25) is 0 Å². The first-order valence-corrected chi connectivity index (χ1v) is 9.80. The smallest absolute Gasteiger partial charge is 0.341 e. The molecule has 10 heteroatoms. The number of nitrogens with one attached hydrogen (secondary N) is 1. The van der Waals surface area contributed by atoms with Crippen LogP contribution in [-0.4, -0.2) is 30.8 Å². The Morgan fingerprint density at radius 2 is 1.85 bits per heavy atom. The third kappa shape index (κ3) is 3.86. The summed E-state index contributed by atoms with van der Waals surface area (Å²) in [6.45, 7) is 0. The van der Waals surface area contributed by atoms with Crippen LogP contribution < -0.4 is 5.32 Å². The van der Waals surface area contributed by atoms with Gasteiger partial charge in [0.05, 0.1) is 16.3 Å². The molecule has 6 nitrogen and oxygen atoms in total. The quantitative estimate of drug-likeness (QED) is 0.639. The molecule has 0 saturated carbocycles. The number of oxazole rings is 1. The van der Waals surface area contributed by atoms with E-state index in [0.717, 1.165) is 17.8 Å². The van der Waals surface area contributed by atoms with Gasteiger partial charge in [-0.2, -0.15) is 8.78 Å². The van der Waals surface area contributed by atoms with E-state index in [1.807, 2.05) is 0 Å². The molecule has 0 saturated heterocycles. The number of sulfone groups is 1. The largest absolute Gasteiger partial charge is 0.431 e. The van der Waals surface area contributed by atoms with E-state index < -0.39 is 26.4 Å². The van der Waals surface area contributed by atoms with Gasteiger partial charge in [0, 0.05) is 0 Å².